The number of carbonyl (C=O) groups is 2. The summed E-state index contributed by atoms with van der Waals surface area (Å²) in [6, 6.07) is 13.8. The molecule has 0 fully saturated rings. The number of hydrogen-bond donors (Lipinski definition) is 0. The van der Waals surface area contributed by atoms with Gasteiger partial charge in [-0.25, -0.2) is 0 Å². The van der Waals surface area contributed by atoms with Crippen LogP contribution in [0.5, 0.6) is 34.5 Å². The molecule has 0 aliphatic rings. The Kier molecular flexibility index (Phi) is 9.54. The Morgan fingerprint density at radius 2 is 0.763 bits per heavy atom. The van der Waals surface area contributed by atoms with Crippen LogP contribution in [0, 0.1) is 0 Å². The smallest absolute Gasteiger partial charge is 0.189 e. The maximum atomic E-state index is 12.8. The van der Waals surface area contributed by atoms with Crippen LogP contribution in [0.1, 0.15) is 31.8 Å². The van der Waals surface area contributed by atoms with Crippen LogP contribution in [-0.2, 0) is 0 Å². The van der Waals surface area contributed by atoms with Gasteiger partial charge in [-0.1, -0.05) is 36.4 Å². The van der Waals surface area contributed by atoms with Crippen molar-refractivity contribution in [1.29, 1.82) is 0 Å². The van der Waals surface area contributed by atoms with Gasteiger partial charge in [-0.05, 0) is 35.4 Å². The van der Waals surface area contributed by atoms with Crippen molar-refractivity contribution in [2.75, 3.05) is 42.7 Å². The zero-order valence-electron chi connectivity index (χ0n) is 22.2. The van der Waals surface area contributed by atoms with Crippen LogP contribution in [0.4, 0.5) is 0 Å². The second kappa shape index (κ2) is 13.0. The fourth-order valence-electron chi connectivity index (χ4n) is 3.69. The van der Waals surface area contributed by atoms with E-state index in [-0.39, 0.29) is 11.6 Å². The predicted molar refractivity (Wildman–Crippen MR) is 145 cm³/mol. The molecule has 0 aliphatic heterocycles. The van der Waals surface area contributed by atoms with E-state index in [9.17, 15) is 9.59 Å². The number of carbonyl (C=O) groups excluding carboxylic acids is 2. The van der Waals surface area contributed by atoms with Gasteiger partial charge in [0.1, 0.15) is 11.5 Å². The summed E-state index contributed by atoms with van der Waals surface area (Å²) in [5.41, 5.74) is 2.32. The molecular weight excluding hydrogens is 488 g/mol. The van der Waals surface area contributed by atoms with E-state index in [4.69, 9.17) is 28.4 Å². The lowest BCUT2D eigenvalue weighted by Crippen LogP contribution is -2.01. The minimum Gasteiger partial charge on any atom is -0.496 e. The van der Waals surface area contributed by atoms with E-state index < -0.39 is 0 Å². The summed E-state index contributed by atoms with van der Waals surface area (Å²) >= 11 is 0. The van der Waals surface area contributed by atoms with E-state index in [1.54, 1.807) is 36.4 Å². The van der Waals surface area contributed by atoms with Crippen molar-refractivity contribution in [3.05, 3.63) is 82.9 Å². The zero-order valence-corrected chi connectivity index (χ0v) is 22.2. The van der Waals surface area contributed by atoms with E-state index in [0.717, 1.165) is 11.1 Å². The molecule has 0 aromatic heterocycles. The van der Waals surface area contributed by atoms with Crippen molar-refractivity contribution >= 4 is 23.7 Å². The molecule has 0 amide bonds. The summed E-state index contributed by atoms with van der Waals surface area (Å²) in [5.74, 6) is 2.07. The third-order valence-corrected chi connectivity index (χ3v) is 5.73. The van der Waals surface area contributed by atoms with Crippen molar-refractivity contribution < 1.29 is 38.0 Å². The summed E-state index contributed by atoms with van der Waals surface area (Å²) in [6.07, 6.45) is 6.32. The van der Waals surface area contributed by atoms with Gasteiger partial charge in [0.2, 0.25) is 0 Å². The van der Waals surface area contributed by atoms with E-state index in [1.165, 1.54) is 54.8 Å². The lowest BCUT2D eigenvalue weighted by atomic mass is 10.0. The molecule has 0 unspecified atom stereocenters. The van der Waals surface area contributed by atoms with Gasteiger partial charge in [-0.2, -0.15) is 0 Å². The van der Waals surface area contributed by atoms with Gasteiger partial charge in [-0.15, -0.1) is 0 Å². The SMILES string of the molecule is COc1cc(OC)c(C(=O)/C=C/c2ccc(/C=C/C(=O)c3cc(OC)c(OC)cc3OC)cc2)cc1OC. The second-order valence-electron chi connectivity index (χ2n) is 7.88. The monoisotopic (exact) mass is 518 g/mol. The molecular formula is C30H30O8. The highest BCUT2D eigenvalue weighted by atomic mass is 16.5. The number of ether oxygens (including phenoxy) is 6. The Morgan fingerprint density at radius 3 is 1.05 bits per heavy atom. The molecule has 0 N–H and O–H groups in total. The molecule has 3 aromatic rings. The van der Waals surface area contributed by atoms with Gasteiger partial charge >= 0.3 is 0 Å². The fraction of sp³-hybridized carbons (Fsp3) is 0.200. The first-order valence-corrected chi connectivity index (χ1v) is 11.5. The highest BCUT2D eigenvalue weighted by Crippen LogP contribution is 2.36. The van der Waals surface area contributed by atoms with E-state index in [0.29, 0.717) is 45.6 Å². The summed E-state index contributed by atoms with van der Waals surface area (Å²) < 4.78 is 31.8. The molecule has 0 atom stereocenters. The van der Waals surface area contributed by atoms with Gasteiger partial charge in [0.25, 0.3) is 0 Å². The maximum absolute atomic E-state index is 12.8. The summed E-state index contributed by atoms with van der Waals surface area (Å²) in [5, 5.41) is 0. The number of allylic oxidation sites excluding steroid dienone is 2. The Bertz CT molecular complexity index is 1250. The molecule has 0 heterocycles. The normalized spacial score (nSPS) is 10.9. The van der Waals surface area contributed by atoms with Crippen LogP contribution in [-0.4, -0.2) is 54.2 Å². The Labute approximate surface area is 222 Å². The van der Waals surface area contributed by atoms with Crippen LogP contribution in [0.25, 0.3) is 12.2 Å². The molecule has 0 bridgehead atoms. The van der Waals surface area contributed by atoms with E-state index in [2.05, 4.69) is 0 Å². The molecule has 8 heteroatoms. The molecule has 3 rings (SSSR count). The van der Waals surface area contributed by atoms with Crippen molar-refractivity contribution in [3.63, 3.8) is 0 Å². The molecule has 198 valence electrons. The first kappa shape index (κ1) is 27.9. The van der Waals surface area contributed by atoms with Gasteiger partial charge in [0.05, 0.1) is 53.8 Å². The third-order valence-electron chi connectivity index (χ3n) is 5.73. The minimum absolute atomic E-state index is 0.249. The average molecular weight is 519 g/mol. The molecule has 8 nitrogen and oxygen atoms in total. The highest BCUT2D eigenvalue weighted by molar-refractivity contribution is 6.10. The molecule has 0 spiro atoms. The standard InChI is InChI=1S/C30H30O8/c1-33-25-17-29(37-5)27(35-3)15-21(25)23(31)13-11-19-7-9-20(10-8-19)12-14-24(32)22-16-28(36-4)30(38-6)18-26(22)34-2/h7-18H,1-6H3/b13-11+,14-12+. The Hall–Kier alpha value is -4.72. The van der Waals surface area contributed by atoms with Crippen molar-refractivity contribution in [2.45, 2.75) is 0 Å². The maximum Gasteiger partial charge on any atom is 0.189 e. The molecule has 3 aromatic carbocycles. The van der Waals surface area contributed by atoms with Gasteiger partial charge in [0.15, 0.2) is 34.6 Å². The summed E-state index contributed by atoms with van der Waals surface area (Å²) in [7, 11) is 9.01. The number of methoxy groups -OCH3 is 6. The molecule has 0 aliphatic carbocycles. The van der Waals surface area contributed by atoms with Crippen LogP contribution < -0.4 is 28.4 Å². The van der Waals surface area contributed by atoms with Gasteiger partial charge in [-0.3, -0.25) is 9.59 Å². The number of hydrogen-bond acceptors (Lipinski definition) is 8. The zero-order chi connectivity index (χ0) is 27.7. The molecule has 0 radical (unpaired) electrons. The number of rotatable bonds is 12. The average Bonchev–Trinajstić information content (AvgIpc) is 2.97. The second-order valence-corrected chi connectivity index (χ2v) is 7.88. The van der Waals surface area contributed by atoms with Crippen LogP contribution in [0.15, 0.2) is 60.7 Å². The lowest BCUT2D eigenvalue weighted by Gasteiger charge is -2.12. The van der Waals surface area contributed by atoms with Crippen molar-refractivity contribution in [2.24, 2.45) is 0 Å². The van der Waals surface area contributed by atoms with Gasteiger partial charge < -0.3 is 28.4 Å². The molecule has 0 saturated carbocycles. The fourth-order valence-corrected chi connectivity index (χ4v) is 3.69. The first-order valence-electron chi connectivity index (χ1n) is 11.5. The third kappa shape index (κ3) is 6.34. The van der Waals surface area contributed by atoms with E-state index >= 15 is 0 Å². The van der Waals surface area contributed by atoms with Crippen LogP contribution >= 0.6 is 0 Å². The Morgan fingerprint density at radius 1 is 0.474 bits per heavy atom. The first-order chi connectivity index (χ1) is 18.4. The van der Waals surface area contributed by atoms with Crippen LogP contribution in [0.3, 0.4) is 0 Å². The lowest BCUT2D eigenvalue weighted by molar-refractivity contribution is 0.103. The van der Waals surface area contributed by atoms with Crippen LogP contribution in [0.2, 0.25) is 0 Å². The molecule has 0 saturated heterocycles. The largest absolute Gasteiger partial charge is 0.496 e. The Balaban J connectivity index is 1.75. The van der Waals surface area contributed by atoms with Crippen molar-refractivity contribution in [1.82, 2.24) is 0 Å². The highest BCUT2D eigenvalue weighted by Gasteiger charge is 2.17. The number of benzene rings is 3. The topological polar surface area (TPSA) is 89.5 Å². The quantitative estimate of drug-likeness (QED) is 0.228. The minimum atomic E-state index is -0.249. The molecule has 38 heavy (non-hydrogen) atoms. The predicted octanol–water partition coefficient (Wildman–Crippen LogP) is 5.53. The van der Waals surface area contributed by atoms with Gasteiger partial charge in [0, 0.05) is 12.1 Å². The van der Waals surface area contributed by atoms with Crippen molar-refractivity contribution in [3.8, 4) is 34.5 Å². The number of ketones is 2. The summed E-state index contributed by atoms with van der Waals surface area (Å²) in [6.45, 7) is 0. The summed E-state index contributed by atoms with van der Waals surface area (Å²) in [4.78, 5) is 25.7. The van der Waals surface area contributed by atoms with E-state index in [1.807, 2.05) is 24.3 Å².